The molecule has 0 radical (unpaired) electrons. The van der Waals surface area contributed by atoms with Crippen LogP contribution in [0.3, 0.4) is 0 Å². The van der Waals surface area contributed by atoms with E-state index >= 15 is 0 Å². The normalized spacial score (nSPS) is 11.2. The summed E-state index contributed by atoms with van der Waals surface area (Å²) in [6.07, 6.45) is 2.68. The van der Waals surface area contributed by atoms with Crippen molar-refractivity contribution < 1.29 is 9.15 Å². The van der Waals surface area contributed by atoms with Crippen molar-refractivity contribution in [2.75, 3.05) is 31.0 Å². The van der Waals surface area contributed by atoms with Crippen LogP contribution in [0.15, 0.2) is 4.42 Å². The van der Waals surface area contributed by atoms with E-state index in [1.165, 1.54) is 0 Å². The van der Waals surface area contributed by atoms with Crippen LogP contribution in [0.5, 0.6) is 0 Å². The van der Waals surface area contributed by atoms with Crippen molar-refractivity contribution in [1.82, 2.24) is 10.2 Å². The molecule has 18 heavy (non-hydrogen) atoms. The molecule has 0 saturated carbocycles. The van der Waals surface area contributed by atoms with Gasteiger partial charge in [0.25, 0.3) is 0 Å². The Hall–Kier alpha value is -0.810. The van der Waals surface area contributed by atoms with Crippen molar-refractivity contribution in [3.05, 3.63) is 5.89 Å². The monoisotopic (exact) mass is 275 g/mol. The van der Waals surface area contributed by atoms with Gasteiger partial charge in [-0.15, -0.1) is 16.7 Å². The largest absolute Gasteiger partial charge is 0.408 e. The smallest absolute Gasteiger partial charge is 0.318 e. The molecular formula is C12H22ClN3O2. The molecule has 0 fully saturated rings. The zero-order valence-electron chi connectivity index (χ0n) is 11.4. The minimum atomic E-state index is 0.393. The number of anilines is 1. The van der Waals surface area contributed by atoms with Gasteiger partial charge in [0.05, 0.1) is 6.61 Å². The SMILES string of the molecule is CCC(CC)N(CCOC)c1nnc(CCCl)o1. The molecule has 104 valence electrons. The lowest BCUT2D eigenvalue weighted by Crippen LogP contribution is -2.37. The van der Waals surface area contributed by atoms with E-state index in [1.807, 2.05) is 0 Å². The van der Waals surface area contributed by atoms with Crippen molar-refractivity contribution in [2.24, 2.45) is 0 Å². The summed E-state index contributed by atoms with van der Waals surface area (Å²) >= 11 is 5.66. The molecule has 6 heteroatoms. The fourth-order valence-corrected chi connectivity index (χ4v) is 2.06. The first-order valence-electron chi connectivity index (χ1n) is 6.40. The number of nitrogens with zero attached hydrogens (tertiary/aromatic N) is 3. The summed E-state index contributed by atoms with van der Waals surface area (Å²) in [5.74, 6) is 1.08. The van der Waals surface area contributed by atoms with Gasteiger partial charge in [0.2, 0.25) is 5.89 Å². The lowest BCUT2D eigenvalue weighted by Gasteiger charge is -2.28. The highest BCUT2D eigenvalue weighted by Gasteiger charge is 2.20. The van der Waals surface area contributed by atoms with Gasteiger partial charge >= 0.3 is 6.01 Å². The lowest BCUT2D eigenvalue weighted by atomic mass is 10.1. The standard InChI is InChI=1S/C12H22ClN3O2/c1-4-10(5-2)16(8-9-17-3)12-15-14-11(18-12)6-7-13/h10H,4-9H2,1-3H3. The van der Waals surface area contributed by atoms with Crippen molar-refractivity contribution in [2.45, 2.75) is 39.2 Å². The maximum atomic E-state index is 5.66. The molecule has 0 aromatic carbocycles. The van der Waals surface area contributed by atoms with E-state index in [0.717, 1.165) is 19.4 Å². The number of hydrogen-bond donors (Lipinski definition) is 0. The molecule has 5 nitrogen and oxygen atoms in total. The van der Waals surface area contributed by atoms with Gasteiger partial charge in [-0.2, -0.15) is 0 Å². The van der Waals surface area contributed by atoms with Crippen LogP contribution in [-0.4, -0.2) is 42.4 Å². The number of aryl methyl sites for hydroxylation is 1. The van der Waals surface area contributed by atoms with Crippen molar-refractivity contribution >= 4 is 17.6 Å². The highest BCUT2D eigenvalue weighted by molar-refractivity contribution is 6.17. The van der Waals surface area contributed by atoms with Crippen LogP contribution in [0.4, 0.5) is 6.01 Å². The van der Waals surface area contributed by atoms with Crippen LogP contribution >= 0.6 is 11.6 Å². The van der Waals surface area contributed by atoms with Gasteiger partial charge in [0.1, 0.15) is 0 Å². The highest BCUT2D eigenvalue weighted by atomic mass is 35.5. The van der Waals surface area contributed by atoms with E-state index in [9.17, 15) is 0 Å². The van der Waals surface area contributed by atoms with Crippen LogP contribution in [0.2, 0.25) is 0 Å². The van der Waals surface area contributed by atoms with E-state index in [1.54, 1.807) is 7.11 Å². The first-order chi connectivity index (χ1) is 8.76. The topological polar surface area (TPSA) is 51.4 Å². The van der Waals surface area contributed by atoms with Crippen molar-refractivity contribution in [3.63, 3.8) is 0 Å². The molecule has 1 heterocycles. The van der Waals surface area contributed by atoms with Gasteiger partial charge in [-0.05, 0) is 12.8 Å². The molecule has 1 aromatic heterocycles. The Morgan fingerprint density at radius 3 is 2.61 bits per heavy atom. The van der Waals surface area contributed by atoms with Crippen LogP contribution < -0.4 is 4.90 Å². The molecule has 0 spiro atoms. The molecule has 0 N–H and O–H groups in total. The Morgan fingerprint density at radius 2 is 2.06 bits per heavy atom. The summed E-state index contributed by atoms with van der Waals surface area (Å²) in [4.78, 5) is 2.12. The van der Waals surface area contributed by atoms with E-state index in [0.29, 0.717) is 36.9 Å². The molecule has 0 amide bonds. The average Bonchev–Trinajstić information content (AvgIpc) is 2.83. The first kappa shape index (κ1) is 15.2. The van der Waals surface area contributed by atoms with Gasteiger partial charge < -0.3 is 14.1 Å². The highest BCUT2D eigenvalue weighted by Crippen LogP contribution is 2.19. The van der Waals surface area contributed by atoms with Crippen LogP contribution in [0.25, 0.3) is 0 Å². The van der Waals surface area contributed by atoms with Gasteiger partial charge in [-0.25, -0.2) is 0 Å². The average molecular weight is 276 g/mol. The van der Waals surface area contributed by atoms with E-state index in [2.05, 4.69) is 28.9 Å². The van der Waals surface area contributed by atoms with Gasteiger partial charge in [-0.3, -0.25) is 0 Å². The summed E-state index contributed by atoms with van der Waals surface area (Å²) in [6.45, 7) is 5.71. The molecule has 0 atom stereocenters. The minimum Gasteiger partial charge on any atom is -0.408 e. The predicted molar refractivity (Wildman–Crippen MR) is 72.3 cm³/mol. The van der Waals surface area contributed by atoms with Crippen LogP contribution in [0.1, 0.15) is 32.6 Å². The number of methoxy groups -OCH3 is 1. The summed E-state index contributed by atoms with van der Waals surface area (Å²) in [5.41, 5.74) is 0. The van der Waals surface area contributed by atoms with E-state index < -0.39 is 0 Å². The summed E-state index contributed by atoms with van der Waals surface area (Å²) < 4.78 is 10.8. The third-order valence-electron chi connectivity index (χ3n) is 2.93. The third-order valence-corrected chi connectivity index (χ3v) is 3.12. The second kappa shape index (κ2) is 8.32. The van der Waals surface area contributed by atoms with E-state index in [4.69, 9.17) is 20.8 Å². The summed E-state index contributed by atoms with van der Waals surface area (Å²) in [5, 5.41) is 8.10. The quantitative estimate of drug-likeness (QED) is 0.648. The minimum absolute atomic E-state index is 0.393. The Morgan fingerprint density at radius 1 is 1.33 bits per heavy atom. The molecule has 0 aliphatic heterocycles. The van der Waals surface area contributed by atoms with Gasteiger partial charge in [0.15, 0.2) is 0 Å². The third kappa shape index (κ3) is 4.14. The number of halogens is 1. The molecule has 0 bridgehead atoms. The second-order valence-corrected chi connectivity index (χ2v) is 4.45. The number of hydrogen-bond acceptors (Lipinski definition) is 5. The zero-order valence-corrected chi connectivity index (χ0v) is 12.1. The van der Waals surface area contributed by atoms with Gasteiger partial charge in [0, 0.05) is 32.0 Å². The van der Waals surface area contributed by atoms with Crippen LogP contribution in [0, 0.1) is 0 Å². The number of ether oxygens (including phenoxy) is 1. The molecular weight excluding hydrogens is 254 g/mol. The second-order valence-electron chi connectivity index (χ2n) is 4.07. The molecule has 0 aliphatic carbocycles. The zero-order chi connectivity index (χ0) is 13.4. The number of alkyl halides is 1. The first-order valence-corrected chi connectivity index (χ1v) is 6.94. The Kier molecular flexibility index (Phi) is 7.05. The molecule has 0 saturated heterocycles. The fourth-order valence-electron chi connectivity index (χ4n) is 1.90. The summed E-state index contributed by atoms with van der Waals surface area (Å²) in [7, 11) is 1.69. The molecule has 1 rings (SSSR count). The van der Waals surface area contributed by atoms with E-state index in [-0.39, 0.29) is 0 Å². The lowest BCUT2D eigenvalue weighted by molar-refractivity contribution is 0.200. The van der Waals surface area contributed by atoms with Gasteiger partial charge in [-0.1, -0.05) is 18.9 Å². The number of rotatable bonds is 9. The predicted octanol–water partition coefficient (Wildman–Crippen LogP) is 2.49. The fraction of sp³-hybridized carbons (Fsp3) is 0.833. The molecule has 0 unspecified atom stereocenters. The Labute approximate surface area is 113 Å². The number of aromatic nitrogens is 2. The van der Waals surface area contributed by atoms with Crippen LogP contribution in [-0.2, 0) is 11.2 Å². The Bertz CT molecular complexity index is 329. The molecule has 0 aliphatic rings. The maximum Gasteiger partial charge on any atom is 0.318 e. The molecule has 1 aromatic rings. The van der Waals surface area contributed by atoms with Crippen molar-refractivity contribution in [3.8, 4) is 0 Å². The Balaban J connectivity index is 2.78. The van der Waals surface area contributed by atoms with Crippen molar-refractivity contribution in [1.29, 1.82) is 0 Å². The summed E-state index contributed by atoms with van der Waals surface area (Å²) in [6, 6.07) is 0.963. The maximum absolute atomic E-state index is 5.66.